The van der Waals surface area contributed by atoms with E-state index in [9.17, 15) is 0 Å². The predicted octanol–water partition coefficient (Wildman–Crippen LogP) is 1.09. The van der Waals surface area contributed by atoms with E-state index in [1.165, 1.54) is 6.33 Å². The van der Waals surface area contributed by atoms with Crippen LogP contribution in [0.1, 0.15) is 12.6 Å². The molecule has 0 fully saturated rings. The molecule has 0 unspecified atom stereocenters. The Morgan fingerprint density at radius 2 is 2.30 bits per heavy atom. The Balaban J connectivity index is 2.95. The molecule has 0 saturated heterocycles. The van der Waals surface area contributed by atoms with Crippen LogP contribution < -0.4 is 5.73 Å². The molecule has 0 aromatic carbocycles. The Bertz CT molecular complexity index is 242. The summed E-state index contributed by atoms with van der Waals surface area (Å²) in [5.74, 6) is 0.503. The average Bonchev–Trinajstić information content (AvgIpc) is 1.88. The van der Waals surface area contributed by atoms with Crippen LogP contribution in [0.5, 0.6) is 0 Å². The number of hydrogen-bond acceptors (Lipinski definition) is 3. The fourth-order valence-corrected chi connectivity index (χ4v) is 0.650. The maximum atomic E-state index is 5.40. The lowest BCUT2D eigenvalue weighted by atomic mass is 10.3. The summed E-state index contributed by atoms with van der Waals surface area (Å²) < 4.78 is 0. The summed E-state index contributed by atoms with van der Waals surface area (Å²) in [7, 11) is 0. The predicted molar refractivity (Wildman–Crippen MR) is 41.2 cm³/mol. The van der Waals surface area contributed by atoms with E-state index in [-0.39, 0.29) is 0 Å². The van der Waals surface area contributed by atoms with Gasteiger partial charge in [-0.3, -0.25) is 0 Å². The van der Waals surface area contributed by atoms with Gasteiger partial charge in [-0.1, -0.05) is 6.08 Å². The summed E-state index contributed by atoms with van der Waals surface area (Å²) in [6.45, 7) is 1.93. The van der Waals surface area contributed by atoms with Crippen LogP contribution in [0.2, 0.25) is 0 Å². The van der Waals surface area contributed by atoms with Gasteiger partial charge in [0.2, 0.25) is 0 Å². The number of anilines is 1. The minimum atomic E-state index is 0.503. The molecule has 10 heavy (non-hydrogen) atoms. The molecule has 0 atom stereocenters. The number of nitrogen functional groups attached to an aromatic ring is 1. The molecule has 0 aliphatic rings. The normalized spacial score (nSPS) is 10.5. The molecule has 52 valence electrons. The van der Waals surface area contributed by atoms with Crippen molar-refractivity contribution in [3.8, 4) is 0 Å². The van der Waals surface area contributed by atoms with Crippen LogP contribution in [0.4, 0.5) is 5.82 Å². The van der Waals surface area contributed by atoms with Gasteiger partial charge in [-0.2, -0.15) is 0 Å². The van der Waals surface area contributed by atoms with Gasteiger partial charge in [0.15, 0.2) is 0 Å². The molecule has 0 aliphatic carbocycles. The molecule has 3 nitrogen and oxygen atoms in total. The van der Waals surface area contributed by atoms with Crippen molar-refractivity contribution >= 4 is 11.9 Å². The highest BCUT2D eigenvalue weighted by Crippen LogP contribution is 1.99. The van der Waals surface area contributed by atoms with Gasteiger partial charge < -0.3 is 5.73 Å². The van der Waals surface area contributed by atoms with E-state index in [0.717, 1.165) is 5.69 Å². The van der Waals surface area contributed by atoms with E-state index in [0.29, 0.717) is 5.82 Å². The molecule has 1 rings (SSSR count). The summed E-state index contributed by atoms with van der Waals surface area (Å²) in [6, 6.07) is 1.72. The number of allylic oxidation sites excluding steroid dienone is 1. The third kappa shape index (κ3) is 1.55. The van der Waals surface area contributed by atoms with E-state index in [1.807, 2.05) is 19.1 Å². The van der Waals surface area contributed by atoms with Crippen molar-refractivity contribution in [2.75, 3.05) is 5.73 Å². The first-order valence-corrected chi connectivity index (χ1v) is 3.03. The molecule has 1 aromatic rings. The number of hydrogen-bond donors (Lipinski definition) is 1. The molecule has 2 N–H and O–H groups in total. The Morgan fingerprint density at radius 3 is 2.90 bits per heavy atom. The lowest BCUT2D eigenvalue weighted by Crippen LogP contribution is -1.91. The fourth-order valence-electron chi connectivity index (χ4n) is 0.650. The summed E-state index contributed by atoms with van der Waals surface area (Å²) in [5, 5.41) is 0. The van der Waals surface area contributed by atoms with Crippen LogP contribution >= 0.6 is 0 Å². The van der Waals surface area contributed by atoms with Crippen molar-refractivity contribution in [3.63, 3.8) is 0 Å². The number of aromatic nitrogens is 2. The molecule has 0 amide bonds. The van der Waals surface area contributed by atoms with Gasteiger partial charge >= 0.3 is 0 Å². The Morgan fingerprint density at radius 1 is 1.50 bits per heavy atom. The molecular weight excluding hydrogens is 126 g/mol. The molecule has 1 heterocycles. The summed E-state index contributed by atoms with van der Waals surface area (Å²) in [4.78, 5) is 7.71. The van der Waals surface area contributed by atoms with Gasteiger partial charge in [-0.05, 0) is 13.0 Å². The zero-order chi connectivity index (χ0) is 7.40. The van der Waals surface area contributed by atoms with Gasteiger partial charge in [-0.25, -0.2) is 9.97 Å². The topological polar surface area (TPSA) is 51.8 Å². The van der Waals surface area contributed by atoms with Crippen LogP contribution in [-0.2, 0) is 0 Å². The fraction of sp³-hybridized carbons (Fsp3) is 0.143. The van der Waals surface area contributed by atoms with Crippen molar-refractivity contribution in [2.45, 2.75) is 6.92 Å². The molecule has 3 heteroatoms. The number of nitrogens with two attached hydrogens (primary N) is 1. The molecule has 0 radical (unpaired) electrons. The monoisotopic (exact) mass is 135 g/mol. The average molecular weight is 135 g/mol. The standard InChI is InChI=1S/C7H9N3/c1-2-3-6-4-7(8)10-5-9-6/h2-5H,1H3,(H2,8,9,10). The van der Waals surface area contributed by atoms with Crippen molar-refractivity contribution in [1.82, 2.24) is 9.97 Å². The smallest absolute Gasteiger partial charge is 0.127 e. The van der Waals surface area contributed by atoms with E-state index >= 15 is 0 Å². The maximum Gasteiger partial charge on any atom is 0.127 e. The van der Waals surface area contributed by atoms with Crippen molar-refractivity contribution in [1.29, 1.82) is 0 Å². The maximum absolute atomic E-state index is 5.40. The van der Waals surface area contributed by atoms with Crippen LogP contribution in [0, 0.1) is 0 Å². The van der Waals surface area contributed by atoms with E-state index in [1.54, 1.807) is 6.07 Å². The van der Waals surface area contributed by atoms with Gasteiger partial charge in [0.05, 0.1) is 5.69 Å². The van der Waals surface area contributed by atoms with Gasteiger partial charge in [-0.15, -0.1) is 0 Å². The number of nitrogens with zero attached hydrogens (tertiary/aromatic N) is 2. The number of rotatable bonds is 1. The second-order valence-electron chi connectivity index (χ2n) is 1.87. The van der Waals surface area contributed by atoms with Gasteiger partial charge in [0.25, 0.3) is 0 Å². The lowest BCUT2D eigenvalue weighted by Gasteiger charge is -1.91. The Labute approximate surface area is 59.6 Å². The largest absolute Gasteiger partial charge is 0.384 e. The summed E-state index contributed by atoms with van der Waals surface area (Å²) in [5.41, 5.74) is 6.25. The highest BCUT2D eigenvalue weighted by molar-refractivity contribution is 5.47. The first-order chi connectivity index (χ1) is 4.83. The molecular formula is C7H9N3. The van der Waals surface area contributed by atoms with Gasteiger partial charge in [0.1, 0.15) is 12.1 Å². The van der Waals surface area contributed by atoms with E-state index in [2.05, 4.69) is 9.97 Å². The van der Waals surface area contributed by atoms with Crippen molar-refractivity contribution in [2.24, 2.45) is 0 Å². The summed E-state index contributed by atoms with van der Waals surface area (Å²) >= 11 is 0. The minimum absolute atomic E-state index is 0.503. The van der Waals surface area contributed by atoms with Crippen molar-refractivity contribution < 1.29 is 0 Å². The SMILES string of the molecule is CC=Cc1cc(N)ncn1. The Kier molecular flexibility index (Phi) is 1.99. The second-order valence-corrected chi connectivity index (χ2v) is 1.87. The minimum Gasteiger partial charge on any atom is -0.384 e. The first-order valence-electron chi connectivity index (χ1n) is 3.03. The van der Waals surface area contributed by atoms with Gasteiger partial charge in [0, 0.05) is 6.07 Å². The molecule has 0 aliphatic heterocycles. The van der Waals surface area contributed by atoms with Crippen LogP contribution in [0.15, 0.2) is 18.5 Å². The third-order valence-corrected chi connectivity index (χ3v) is 1.05. The third-order valence-electron chi connectivity index (χ3n) is 1.05. The quantitative estimate of drug-likeness (QED) is 0.627. The molecule has 0 bridgehead atoms. The molecule has 0 spiro atoms. The summed E-state index contributed by atoms with van der Waals surface area (Å²) in [6.07, 6.45) is 5.23. The van der Waals surface area contributed by atoms with Crippen LogP contribution in [0.3, 0.4) is 0 Å². The highest BCUT2D eigenvalue weighted by Gasteiger charge is 1.87. The highest BCUT2D eigenvalue weighted by atomic mass is 14.9. The van der Waals surface area contributed by atoms with Crippen LogP contribution in [-0.4, -0.2) is 9.97 Å². The van der Waals surface area contributed by atoms with E-state index in [4.69, 9.17) is 5.73 Å². The second kappa shape index (κ2) is 2.96. The zero-order valence-electron chi connectivity index (χ0n) is 5.78. The first kappa shape index (κ1) is 6.74. The van der Waals surface area contributed by atoms with Crippen molar-refractivity contribution in [3.05, 3.63) is 24.2 Å². The Hall–Kier alpha value is -1.38. The molecule has 0 saturated carbocycles. The van der Waals surface area contributed by atoms with Crippen LogP contribution in [0.25, 0.3) is 6.08 Å². The van der Waals surface area contributed by atoms with E-state index < -0.39 is 0 Å². The lowest BCUT2D eigenvalue weighted by molar-refractivity contribution is 1.16. The zero-order valence-corrected chi connectivity index (χ0v) is 5.78. The molecule has 1 aromatic heterocycles.